The van der Waals surface area contributed by atoms with Crippen molar-refractivity contribution in [1.82, 2.24) is 0 Å². The van der Waals surface area contributed by atoms with E-state index in [-0.39, 0.29) is 19.1 Å². The zero-order chi connectivity index (χ0) is 13.8. The third kappa shape index (κ3) is 2.55. The molecule has 1 fully saturated rings. The Balaban J connectivity index is 2.38. The van der Waals surface area contributed by atoms with Gasteiger partial charge in [0.1, 0.15) is 18.1 Å². The monoisotopic (exact) mass is 262 g/mol. The Bertz CT molecular complexity index is 524. The summed E-state index contributed by atoms with van der Waals surface area (Å²) >= 11 is 0. The van der Waals surface area contributed by atoms with E-state index in [9.17, 15) is 4.79 Å². The highest BCUT2D eigenvalue weighted by Gasteiger charge is 2.30. The number of hydrogen-bond donors (Lipinski definition) is 0. The molecule has 1 heterocycles. The summed E-state index contributed by atoms with van der Waals surface area (Å²) in [5.74, 6) is 0.771. The van der Waals surface area contributed by atoms with Crippen molar-refractivity contribution in [2.45, 2.75) is 0 Å². The fourth-order valence-corrected chi connectivity index (χ4v) is 1.88. The van der Waals surface area contributed by atoms with E-state index in [1.165, 1.54) is 19.1 Å². The van der Waals surface area contributed by atoms with Crippen LogP contribution >= 0.6 is 0 Å². The molecule has 1 unspecified atom stereocenters. The van der Waals surface area contributed by atoms with Crippen LogP contribution in [0.15, 0.2) is 18.2 Å². The summed E-state index contributed by atoms with van der Waals surface area (Å²) in [7, 11) is 3.06. The molecule has 0 aliphatic carbocycles. The van der Waals surface area contributed by atoms with Gasteiger partial charge in [-0.15, -0.1) is 0 Å². The van der Waals surface area contributed by atoms with Gasteiger partial charge in [-0.1, -0.05) is 0 Å². The van der Waals surface area contributed by atoms with Gasteiger partial charge in [-0.2, -0.15) is 5.26 Å². The van der Waals surface area contributed by atoms with Crippen LogP contribution in [0.25, 0.3) is 0 Å². The fraction of sp³-hybridized carbons (Fsp3) is 0.385. The van der Waals surface area contributed by atoms with Gasteiger partial charge < -0.3 is 14.2 Å². The maximum atomic E-state index is 11.8. The highest BCUT2D eigenvalue weighted by Crippen LogP contribution is 2.34. The summed E-state index contributed by atoms with van der Waals surface area (Å²) in [5.41, 5.74) is 0.534. The molecule has 1 aliphatic rings. The highest BCUT2D eigenvalue weighted by molar-refractivity contribution is 5.90. The minimum atomic E-state index is -0.488. The number of cyclic esters (lactones) is 1. The minimum Gasteiger partial charge on any atom is -0.497 e. The molecule has 0 aromatic heterocycles. The molecule has 1 amide bonds. The first-order chi connectivity index (χ1) is 9.19. The maximum absolute atomic E-state index is 11.8. The summed E-state index contributed by atoms with van der Waals surface area (Å²) in [4.78, 5) is 13.2. The van der Waals surface area contributed by atoms with Crippen molar-refractivity contribution in [2.24, 2.45) is 5.92 Å². The summed E-state index contributed by atoms with van der Waals surface area (Å²) in [5, 5.41) is 8.95. The zero-order valence-corrected chi connectivity index (χ0v) is 10.8. The van der Waals surface area contributed by atoms with Crippen molar-refractivity contribution in [1.29, 1.82) is 5.26 Å². The molecule has 19 heavy (non-hydrogen) atoms. The number of rotatable bonds is 3. The SMILES string of the molecule is COc1ccc(OC)c(N2CC(C#N)COC2=O)c1. The number of methoxy groups -OCH3 is 2. The van der Waals surface area contributed by atoms with Crippen molar-refractivity contribution in [2.75, 3.05) is 32.3 Å². The molecular formula is C13H14N2O4. The second kappa shape index (κ2) is 5.48. The van der Waals surface area contributed by atoms with Gasteiger partial charge in [0.05, 0.1) is 31.9 Å². The Labute approximate surface area is 111 Å². The number of anilines is 1. The van der Waals surface area contributed by atoms with Gasteiger partial charge in [0.2, 0.25) is 0 Å². The van der Waals surface area contributed by atoms with Gasteiger partial charge in [0.15, 0.2) is 0 Å². The van der Waals surface area contributed by atoms with Crippen LogP contribution in [0, 0.1) is 17.2 Å². The second-order valence-corrected chi connectivity index (χ2v) is 4.05. The minimum absolute atomic E-state index is 0.123. The lowest BCUT2D eigenvalue weighted by molar-refractivity contribution is 0.127. The molecule has 6 heteroatoms. The molecule has 1 aromatic carbocycles. The Kier molecular flexibility index (Phi) is 3.76. The van der Waals surface area contributed by atoms with E-state index < -0.39 is 6.09 Å². The van der Waals surface area contributed by atoms with Crippen LogP contribution in [0.2, 0.25) is 0 Å². The topological polar surface area (TPSA) is 71.8 Å². The number of carbonyl (C=O) groups is 1. The van der Waals surface area contributed by atoms with E-state index in [2.05, 4.69) is 6.07 Å². The lowest BCUT2D eigenvalue weighted by atomic mass is 10.1. The van der Waals surface area contributed by atoms with Crippen molar-refractivity contribution >= 4 is 11.8 Å². The standard InChI is InChI=1S/C13H14N2O4/c1-17-10-3-4-12(18-2)11(5-10)15-7-9(6-14)8-19-13(15)16/h3-5,9H,7-8H2,1-2H3. The molecular weight excluding hydrogens is 248 g/mol. The Morgan fingerprint density at radius 1 is 1.42 bits per heavy atom. The van der Waals surface area contributed by atoms with E-state index in [0.717, 1.165) is 0 Å². The molecule has 6 nitrogen and oxygen atoms in total. The Morgan fingerprint density at radius 3 is 2.84 bits per heavy atom. The van der Waals surface area contributed by atoms with Crippen LogP contribution in [0.3, 0.4) is 0 Å². The number of amides is 1. The second-order valence-electron chi connectivity index (χ2n) is 4.05. The molecule has 0 radical (unpaired) electrons. The van der Waals surface area contributed by atoms with Crippen molar-refractivity contribution < 1.29 is 19.0 Å². The lowest BCUT2D eigenvalue weighted by Crippen LogP contribution is -2.42. The van der Waals surface area contributed by atoms with Gasteiger partial charge in [-0.05, 0) is 12.1 Å². The first-order valence-corrected chi connectivity index (χ1v) is 5.75. The lowest BCUT2D eigenvalue weighted by Gasteiger charge is -2.30. The summed E-state index contributed by atoms with van der Waals surface area (Å²) in [6, 6.07) is 7.22. The number of carbonyl (C=O) groups excluding carboxylic acids is 1. The van der Waals surface area contributed by atoms with Crippen LogP contribution in [0.1, 0.15) is 0 Å². The molecule has 0 bridgehead atoms. The van der Waals surface area contributed by atoms with Gasteiger partial charge in [0.25, 0.3) is 0 Å². The highest BCUT2D eigenvalue weighted by atomic mass is 16.6. The van der Waals surface area contributed by atoms with Crippen molar-refractivity contribution in [3.8, 4) is 17.6 Å². The summed E-state index contributed by atoms with van der Waals surface area (Å²) in [6.07, 6.45) is -0.488. The molecule has 0 N–H and O–H groups in total. The van der Waals surface area contributed by atoms with Gasteiger partial charge in [-0.25, -0.2) is 4.79 Å². The maximum Gasteiger partial charge on any atom is 0.414 e. The average molecular weight is 262 g/mol. The zero-order valence-electron chi connectivity index (χ0n) is 10.8. The Hall–Kier alpha value is -2.42. The molecule has 2 rings (SSSR count). The number of nitrogens with zero attached hydrogens (tertiary/aromatic N) is 2. The number of ether oxygens (including phenoxy) is 3. The largest absolute Gasteiger partial charge is 0.497 e. The third-order valence-electron chi connectivity index (χ3n) is 2.89. The molecule has 1 saturated heterocycles. The molecule has 0 spiro atoms. The van der Waals surface area contributed by atoms with E-state index in [1.54, 1.807) is 18.2 Å². The molecule has 1 aliphatic heterocycles. The van der Waals surface area contributed by atoms with Gasteiger partial charge in [0, 0.05) is 12.6 Å². The normalized spacial score (nSPS) is 18.5. The molecule has 1 atom stereocenters. The van der Waals surface area contributed by atoms with Crippen LogP contribution < -0.4 is 14.4 Å². The van der Waals surface area contributed by atoms with Gasteiger partial charge in [-0.3, -0.25) is 4.90 Å². The fourth-order valence-electron chi connectivity index (χ4n) is 1.88. The summed E-state index contributed by atoms with van der Waals surface area (Å²) in [6.45, 7) is 0.400. The molecule has 1 aromatic rings. The first-order valence-electron chi connectivity index (χ1n) is 5.75. The predicted octanol–water partition coefficient (Wildman–Crippen LogP) is 1.80. The van der Waals surface area contributed by atoms with Crippen LogP contribution in [-0.4, -0.2) is 33.5 Å². The van der Waals surface area contributed by atoms with Crippen LogP contribution in [0.4, 0.5) is 10.5 Å². The van der Waals surface area contributed by atoms with Gasteiger partial charge >= 0.3 is 6.09 Å². The molecule has 0 saturated carbocycles. The van der Waals surface area contributed by atoms with Crippen LogP contribution in [0.5, 0.6) is 11.5 Å². The smallest absolute Gasteiger partial charge is 0.414 e. The first kappa shape index (κ1) is 13.0. The van der Waals surface area contributed by atoms with E-state index >= 15 is 0 Å². The van der Waals surface area contributed by atoms with Crippen LogP contribution in [-0.2, 0) is 4.74 Å². The Morgan fingerprint density at radius 2 is 2.21 bits per heavy atom. The number of hydrogen-bond acceptors (Lipinski definition) is 5. The predicted molar refractivity (Wildman–Crippen MR) is 67.3 cm³/mol. The van der Waals surface area contributed by atoms with E-state index in [1.807, 2.05) is 0 Å². The quantitative estimate of drug-likeness (QED) is 0.830. The number of nitriles is 1. The third-order valence-corrected chi connectivity index (χ3v) is 2.89. The van der Waals surface area contributed by atoms with E-state index in [4.69, 9.17) is 19.5 Å². The summed E-state index contributed by atoms with van der Waals surface area (Å²) < 4.78 is 15.4. The van der Waals surface area contributed by atoms with Crippen molar-refractivity contribution in [3.05, 3.63) is 18.2 Å². The van der Waals surface area contributed by atoms with Crippen molar-refractivity contribution in [3.63, 3.8) is 0 Å². The molecule has 100 valence electrons. The average Bonchev–Trinajstić information content (AvgIpc) is 2.47. The number of benzene rings is 1. The van der Waals surface area contributed by atoms with E-state index in [0.29, 0.717) is 17.2 Å².